The van der Waals surface area contributed by atoms with Crippen molar-refractivity contribution in [3.05, 3.63) is 47.3 Å². The molecule has 2 heterocycles. The molecule has 1 aromatic heterocycles. The van der Waals surface area contributed by atoms with E-state index in [1.807, 2.05) is 6.92 Å². The van der Waals surface area contributed by atoms with E-state index in [0.717, 1.165) is 6.42 Å². The van der Waals surface area contributed by atoms with Crippen LogP contribution in [0.2, 0.25) is 0 Å². The number of nitrogens with one attached hydrogen (secondary N) is 1. The molecule has 7 nitrogen and oxygen atoms in total. The number of halogens is 3. The van der Waals surface area contributed by atoms with E-state index in [9.17, 15) is 22.8 Å². The van der Waals surface area contributed by atoms with Crippen molar-refractivity contribution in [3.63, 3.8) is 0 Å². The Kier molecular flexibility index (Phi) is 5.41. The van der Waals surface area contributed by atoms with Gasteiger partial charge in [0.15, 0.2) is 5.69 Å². The Bertz CT molecular complexity index is 871. The van der Waals surface area contributed by atoms with Gasteiger partial charge in [-0.2, -0.15) is 18.3 Å². The standard InChI is InChI=1S/C18H18F3N3O4/c1-10(12-6-7-28-9-12)23-16(25)11-2-4-13(5-3-11)24-15(18(19,20)21)14(8-22-24)17(26)27/h2-5,8,10,12H,6-7,9H2,1H3,(H,23,25)(H,26,27)/t10-,12-/m0/s1. The van der Waals surface area contributed by atoms with Crippen molar-refractivity contribution in [2.75, 3.05) is 13.2 Å². The molecule has 150 valence electrons. The maximum absolute atomic E-state index is 13.3. The summed E-state index contributed by atoms with van der Waals surface area (Å²) in [4.78, 5) is 23.4. The Balaban J connectivity index is 1.81. The van der Waals surface area contributed by atoms with Gasteiger partial charge in [0.05, 0.1) is 18.5 Å². The molecule has 1 saturated heterocycles. The van der Waals surface area contributed by atoms with E-state index in [2.05, 4.69) is 10.4 Å². The maximum atomic E-state index is 13.3. The van der Waals surface area contributed by atoms with Crippen LogP contribution in [0.25, 0.3) is 5.69 Å². The number of amides is 1. The predicted molar refractivity (Wildman–Crippen MR) is 91.4 cm³/mol. The number of carboxylic acids is 1. The number of aromatic nitrogens is 2. The van der Waals surface area contributed by atoms with E-state index >= 15 is 0 Å². The largest absolute Gasteiger partial charge is 0.478 e. The fourth-order valence-electron chi connectivity index (χ4n) is 3.08. The summed E-state index contributed by atoms with van der Waals surface area (Å²) in [7, 11) is 0. The molecule has 1 amide bonds. The van der Waals surface area contributed by atoms with Crippen LogP contribution < -0.4 is 5.32 Å². The molecule has 1 aliphatic rings. The molecule has 0 unspecified atom stereocenters. The van der Waals surface area contributed by atoms with Crippen LogP contribution in [0.15, 0.2) is 30.5 Å². The highest BCUT2D eigenvalue weighted by molar-refractivity contribution is 5.94. The van der Waals surface area contributed by atoms with Gasteiger partial charge in [-0.25, -0.2) is 9.48 Å². The quantitative estimate of drug-likeness (QED) is 0.809. The molecular weight excluding hydrogens is 379 g/mol. The first-order chi connectivity index (χ1) is 13.2. The van der Waals surface area contributed by atoms with E-state index in [4.69, 9.17) is 9.84 Å². The monoisotopic (exact) mass is 397 g/mol. The van der Waals surface area contributed by atoms with Gasteiger partial charge in [0.25, 0.3) is 5.91 Å². The molecule has 0 spiro atoms. The van der Waals surface area contributed by atoms with Crippen LogP contribution in [0.4, 0.5) is 13.2 Å². The molecule has 3 rings (SSSR count). The number of hydrogen-bond donors (Lipinski definition) is 2. The van der Waals surface area contributed by atoms with Crippen LogP contribution in [-0.4, -0.2) is 46.0 Å². The lowest BCUT2D eigenvalue weighted by atomic mass is 10.0. The second kappa shape index (κ2) is 7.63. The SMILES string of the molecule is C[C@H](NC(=O)c1ccc(-n2ncc(C(=O)O)c2C(F)(F)F)cc1)[C@H]1CCOC1. The molecule has 1 fully saturated rings. The number of carbonyl (C=O) groups excluding carboxylic acids is 1. The van der Waals surface area contributed by atoms with Gasteiger partial charge in [-0.05, 0) is 37.6 Å². The topological polar surface area (TPSA) is 93.5 Å². The molecule has 2 N–H and O–H groups in total. The first-order valence-corrected chi connectivity index (χ1v) is 8.56. The zero-order chi connectivity index (χ0) is 20.5. The molecule has 28 heavy (non-hydrogen) atoms. The van der Waals surface area contributed by atoms with Crippen LogP contribution in [0.5, 0.6) is 0 Å². The third kappa shape index (κ3) is 4.01. The molecule has 1 aromatic carbocycles. The van der Waals surface area contributed by atoms with Gasteiger partial charge < -0.3 is 15.2 Å². The number of carboxylic acid groups (broad SMARTS) is 1. The third-order valence-corrected chi connectivity index (χ3v) is 4.67. The number of carbonyl (C=O) groups is 2. The van der Waals surface area contributed by atoms with E-state index in [1.54, 1.807) is 0 Å². The predicted octanol–water partition coefficient (Wildman–Crippen LogP) is 2.74. The van der Waals surface area contributed by atoms with E-state index in [0.29, 0.717) is 24.1 Å². The Hall–Kier alpha value is -2.88. The Morgan fingerprint density at radius 1 is 1.32 bits per heavy atom. The molecule has 0 aliphatic carbocycles. The lowest BCUT2D eigenvalue weighted by Gasteiger charge is -2.19. The lowest BCUT2D eigenvalue weighted by Crippen LogP contribution is -2.38. The zero-order valence-electron chi connectivity index (χ0n) is 14.9. The Morgan fingerprint density at radius 3 is 2.54 bits per heavy atom. The average molecular weight is 397 g/mol. The number of alkyl halides is 3. The van der Waals surface area contributed by atoms with Gasteiger partial charge in [-0.15, -0.1) is 0 Å². The fraction of sp³-hybridized carbons (Fsp3) is 0.389. The van der Waals surface area contributed by atoms with Crippen molar-refractivity contribution >= 4 is 11.9 Å². The molecule has 1 aliphatic heterocycles. The summed E-state index contributed by atoms with van der Waals surface area (Å²) >= 11 is 0. The van der Waals surface area contributed by atoms with Gasteiger partial charge >= 0.3 is 12.1 Å². The minimum Gasteiger partial charge on any atom is -0.478 e. The summed E-state index contributed by atoms with van der Waals surface area (Å²) in [5, 5.41) is 15.4. The van der Waals surface area contributed by atoms with Crippen molar-refractivity contribution in [2.24, 2.45) is 5.92 Å². The number of rotatable bonds is 5. The van der Waals surface area contributed by atoms with Crippen molar-refractivity contribution in [1.29, 1.82) is 0 Å². The second-order valence-corrected chi connectivity index (χ2v) is 6.55. The number of hydrogen-bond acceptors (Lipinski definition) is 4. The first kappa shape index (κ1) is 19.9. The van der Waals surface area contributed by atoms with E-state index in [-0.39, 0.29) is 29.1 Å². The molecule has 2 aromatic rings. The van der Waals surface area contributed by atoms with Crippen molar-refractivity contribution in [1.82, 2.24) is 15.1 Å². The smallest absolute Gasteiger partial charge is 0.434 e. The Morgan fingerprint density at radius 2 is 2.00 bits per heavy atom. The van der Waals surface area contributed by atoms with Gasteiger partial charge in [-0.3, -0.25) is 4.79 Å². The highest BCUT2D eigenvalue weighted by Crippen LogP contribution is 2.33. The van der Waals surface area contributed by atoms with E-state index in [1.165, 1.54) is 24.3 Å². The van der Waals surface area contributed by atoms with Crippen LogP contribution >= 0.6 is 0 Å². The highest BCUT2D eigenvalue weighted by Gasteiger charge is 2.40. The van der Waals surface area contributed by atoms with Crippen LogP contribution in [0.3, 0.4) is 0 Å². The highest BCUT2D eigenvalue weighted by atomic mass is 19.4. The van der Waals surface area contributed by atoms with Crippen molar-refractivity contribution in [2.45, 2.75) is 25.6 Å². The third-order valence-electron chi connectivity index (χ3n) is 4.67. The van der Waals surface area contributed by atoms with Crippen LogP contribution in [0, 0.1) is 5.92 Å². The molecular formula is C18H18F3N3O4. The number of ether oxygens (including phenoxy) is 1. The normalized spacial score (nSPS) is 18.1. The maximum Gasteiger partial charge on any atom is 0.434 e. The lowest BCUT2D eigenvalue weighted by molar-refractivity contribution is -0.143. The van der Waals surface area contributed by atoms with Crippen LogP contribution in [0.1, 0.15) is 39.8 Å². The summed E-state index contributed by atoms with van der Waals surface area (Å²) < 4.78 is 45.7. The van der Waals surface area contributed by atoms with Gasteiger partial charge in [-0.1, -0.05) is 0 Å². The van der Waals surface area contributed by atoms with Crippen LogP contribution in [-0.2, 0) is 10.9 Å². The van der Waals surface area contributed by atoms with Gasteiger partial charge in [0.1, 0.15) is 5.56 Å². The van der Waals surface area contributed by atoms with Gasteiger partial charge in [0, 0.05) is 24.1 Å². The molecule has 0 radical (unpaired) electrons. The summed E-state index contributed by atoms with van der Waals surface area (Å²) in [5.74, 6) is -1.86. The molecule has 10 heteroatoms. The number of benzene rings is 1. The molecule has 0 bridgehead atoms. The van der Waals surface area contributed by atoms with Crippen molar-refractivity contribution in [3.8, 4) is 5.69 Å². The first-order valence-electron chi connectivity index (χ1n) is 8.56. The fourth-order valence-corrected chi connectivity index (χ4v) is 3.08. The van der Waals surface area contributed by atoms with Gasteiger partial charge in [0.2, 0.25) is 0 Å². The molecule has 2 atom stereocenters. The summed E-state index contributed by atoms with van der Waals surface area (Å²) in [6, 6.07) is 5.20. The Labute approximate surface area is 158 Å². The zero-order valence-corrected chi connectivity index (χ0v) is 14.9. The minimum absolute atomic E-state index is 0.00591. The second-order valence-electron chi connectivity index (χ2n) is 6.55. The molecule has 0 saturated carbocycles. The van der Waals surface area contributed by atoms with Crippen molar-refractivity contribution < 1.29 is 32.6 Å². The summed E-state index contributed by atoms with van der Waals surface area (Å²) in [5.41, 5.74) is -2.06. The number of aromatic carboxylic acids is 1. The average Bonchev–Trinajstić information content (AvgIpc) is 3.31. The number of nitrogens with zero attached hydrogens (tertiary/aromatic N) is 2. The summed E-state index contributed by atoms with van der Waals surface area (Å²) in [6.45, 7) is 3.10. The minimum atomic E-state index is -4.90. The van der Waals surface area contributed by atoms with E-state index < -0.39 is 23.4 Å². The summed E-state index contributed by atoms with van der Waals surface area (Å²) in [6.07, 6.45) is -3.40.